The van der Waals surface area contributed by atoms with Crippen LogP contribution in [-0.2, 0) is 0 Å². The lowest BCUT2D eigenvalue weighted by atomic mass is 10.2. The van der Waals surface area contributed by atoms with Gasteiger partial charge >= 0.3 is 0 Å². The van der Waals surface area contributed by atoms with Crippen molar-refractivity contribution in [2.45, 2.75) is 6.92 Å². The maximum atomic E-state index is 11.9. The van der Waals surface area contributed by atoms with Crippen LogP contribution in [0.15, 0.2) is 158 Å². The number of benzene rings is 5. The zero-order valence-corrected chi connectivity index (χ0v) is 19.1. The Bertz CT molecular complexity index is 877. The first-order valence-corrected chi connectivity index (χ1v) is 10.7. The van der Waals surface area contributed by atoms with Crippen molar-refractivity contribution < 1.29 is 13.2 Å². The minimum Gasteiger partial charge on any atom is -0.207 e. The van der Waals surface area contributed by atoms with Gasteiger partial charge in [-0.1, -0.05) is 127 Å². The fraction of sp³-hybridized carbons (Fsp3) is 0.0323. The second-order valence-corrected chi connectivity index (χ2v) is 6.70. The van der Waals surface area contributed by atoms with E-state index in [1.165, 1.54) is 42.0 Å². The maximum Gasteiger partial charge on any atom is 0.123 e. The molecule has 5 rings (SSSR count). The summed E-state index contributed by atoms with van der Waals surface area (Å²) in [6.07, 6.45) is 0. The monoisotopic (exact) mass is 458 g/mol. The van der Waals surface area contributed by atoms with Crippen molar-refractivity contribution in [3.05, 3.63) is 181 Å². The third kappa shape index (κ3) is 17.6. The molecule has 0 unspecified atom stereocenters. The Hall–Kier alpha value is -4.11. The molecular weight excluding hydrogens is 429 g/mol. The van der Waals surface area contributed by atoms with Gasteiger partial charge < -0.3 is 0 Å². The lowest BCUT2D eigenvalue weighted by Gasteiger charge is -1.82. The van der Waals surface area contributed by atoms with Gasteiger partial charge in [0.05, 0.1) is 0 Å². The Labute approximate surface area is 201 Å². The molecule has 0 aliphatic heterocycles. The molecule has 5 aromatic rings. The van der Waals surface area contributed by atoms with Gasteiger partial charge in [-0.05, 0) is 43.3 Å². The van der Waals surface area contributed by atoms with E-state index in [-0.39, 0.29) is 17.5 Å². The first-order valence-electron chi connectivity index (χ1n) is 10.7. The fourth-order valence-corrected chi connectivity index (χ4v) is 2.16. The van der Waals surface area contributed by atoms with E-state index in [0.717, 1.165) is 0 Å². The summed E-state index contributed by atoms with van der Waals surface area (Å²) in [4.78, 5) is 0. The van der Waals surface area contributed by atoms with Crippen LogP contribution >= 0.6 is 0 Å². The molecule has 0 amide bonds. The van der Waals surface area contributed by atoms with Crippen LogP contribution in [0.5, 0.6) is 0 Å². The molecule has 0 nitrogen and oxygen atoms in total. The third-order valence-electron chi connectivity index (χ3n) is 3.81. The van der Waals surface area contributed by atoms with Crippen molar-refractivity contribution in [1.82, 2.24) is 0 Å². The highest BCUT2D eigenvalue weighted by molar-refractivity contribution is 5.11. The third-order valence-corrected chi connectivity index (χ3v) is 3.81. The maximum absolute atomic E-state index is 11.9. The van der Waals surface area contributed by atoms with E-state index in [0.29, 0.717) is 0 Å². The van der Waals surface area contributed by atoms with E-state index in [9.17, 15) is 13.2 Å². The number of aryl methyl sites for hydroxylation is 1. The van der Waals surface area contributed by atoms with Gasteiger partial charge in [-0.15, -0.1) is 0 Å². The molecule has 0 aliphatic carbocycles. The summed E-state index contributed by atoms with van der Waals surface area (Å²) in [5.74, 6) is -0.535. The molecule has 0 N–H and O–H groups in total. The largest absolute Gasteiger partial charge is 0.207 e. The summed E-state index contributed by atoms with van der Waals surface area (Å²) in [5, 5.41) is 0. The first kappa shape index (κ1) is 27.9. The quantitative estimate of drug-likeness (QED) is 0.217. The van der Waals surface area contributed by atoms with Crippen molar-refractivity contribution in [3.63, 3.8) is 0 Å². The highest BCUT2D eigenvalue weighted by Gasteiger charge is 1.78. The number of hydrogen-bond acceptors (Lipinski definition) is 0. The number of hydrogen-bond donors (Lipinski definition) is 0. The predicted octanol–water partition coefficient (Wildman–Crippen LogP) is 9.16. The summed E-state index contributed by atoms with van der Waals surface area (Å²) in [5.41, 5.74) is 1.32. The second kappa shape index (κ2) is 19.6. The van der Waals surface area contributed by atoms with Crippen LogP contribution in [0.2, 0.25) is 0 Å². The standard InChI is InChI=1S/C7H8.3C6H5F.C6H6/c1-7-5-3-2-4-6-7;3*7-6-4-2-1-3-5-6;1-2-4-6-5-3-1/h2-6H,1H3;3*1-5H;1-6H. The Balaban J connectivity index is 0.000000213. The molecular formula is C31H29F3. The van der Waals surface area contributed by atoms with Crippen LogP contribution in [0.4, 0.5) is 13.2 Å². The van der Waals surface area contributed by atoms with Gasteiger partial charge in [-0.2, -0.15) is 0 Å². The Morgan fingerprint density at radius 1 is 0.294 bits per heavy atom. The van der Waals surface area contributed by atoms with Gasteiger partial charge in [0.25, 0.3) is 0 Å². The zero-order valence-electron chi connectivity index (χ0n) is 19.1. The average molecular weight is 459 g/mol. The average Bonchev–Trinajstić information content (AvgIpc) is 2.89. The molecule has 0 fully saturated rings. The van der Waals surface area contributed by atoms with Gasteiger partial charge in [0.1, 0.15) is 17.5 Å². The van der Waals surface area contributed by atoms with Gasteiger partial charge in [0.15, 0.2) is 0 Å². The Morgan fingerprint density at radius 2 is 0.471 bits per heavy atom. The molecule has 0 radical (unpaired) electrons. The van der Waals surface area contributed by atoms with Gasteiger partial charge in [0.2, 0.25) is 0 Å². The summed E-state index contributed by atoms with van der Waals surface area (Å²) in [6, 6.07) is 46.1. The first-order chi connectivity index (χ1) is 16.6. The van der Waals surface area contributed by atoms with Crippen molar-refractivity contribution in [1.29, 1.82) is 0 Å². The molecule has 0 saturated carbocycles. The topological polar surface area (TPSA) is 0 Å². The van der Waals surface area contributed by atoms with Crippen molar-refractivity contribution in [2.24, 2.45) is 0 Å². The van der Waals surface area contributed by atoms with Crippen LogP contribution in [-0.4, -0.2) is 0 Å². The molecule has 3 heteroatoms. The van der Waals surface area contributed by atoms with E-state index in [4.69, 9.17) is 0 Å². The van der Waals surface area contributed by atoms with Gasteiger partial charge in [-0.3, -0.25) is 0 Å². The molecule has 0 spiro atoms. The molecule has 34 heavy (non-hydrogen) atoms. The van der Waals surface area contributed by atoms with Crippen molar-refractivity contribution >= 4 is 0 Å². The highest BCUT2D eigenvalue weighted by Crippen LogP contribution is 1.94. The van der Waals surface area contributed by atoms with Crippen LogP contribution < -0.4 is 0 Å². The summed E-state index contributed by atoms with van der Waals surface area (Å²) in [7, 11) is 0. The predicted molar refractivity (Wildman–Crippen MR) is 137 cm³/mol. The zero-order chi connectivity index (χ0) is 24.7. The SMILES string of the molecule is Cc1ccccc1.Fc1ccccc1.Fc1ccccc1.Fc1ccccc1.c1ccccc1. The van der Waals surface area contributed by atoms with Crippen LogP contribution in [0.25, 0.3) is 0 Å². The van der Waals surface area contributed by atoms with Crippen LogP contribution in [0, 0.1) is 24.4 Å². The molecule has 5 aromatic carbocycles. The van der Waals surface area contributed by atoms with Crippen LogP contribution in [0.3, 0.4) is 0 Å². The smallest absolute Gasteiger partial charge is 0.123 e. The molecule has 0 atom stereocenters. The van der Waals surface area contributed by atoms with Gasteiger partial charge in [-0.25, -0.2) is 13.2 Å². The van der Waals surface area contributed by atoms with Crippen molar-refractivity contribution in [2.75, 3.05) is 0 Å². The van der Waals surface area contributed by atoms with E-state index in [2.05, 4.69) is 19.1 Å². The number of rotatable bonds is 0. The fourth-order valence-electron chi connectivity index (χ4n) is 2.16. The Kier molecular flexibility index (Phi) is 16.1. The normalized spacial score (nSPS) is 8.59. The van der Waals surface area contributed by atoms with Crippen LogP contribution in [0.1, 0.15) is 5.56 Å². The molecule has 0 saturated heterocycles. The van der Waals surface area contributed by atoms with E-state index in [1.54, 1.807) is 54.6 Å². The molecule has 0 aromatic heterocycles. The summed E-state index contributed by atoms with van der Waals surface area (Å²) >= 11 is 0. The van der Waals surface area contributed by atoms with E-state index in [1.807, 2.05) is 54.6 Å². The van der Waals surface area contributed by atoms with E-state index < -0.39 is 0 Å². The highest BCUT2D eigenvalue weighted by atomic mass is 19.1. The summed E-state index contributed by atoms with van der Waals surface area (Å²) in [6.45, 7) is 2.08. The molecule has 0 heterocycles. The lowest BCUT2D eigenvalue weighted by Crippen LogP contribution is -1.63. The second-order valence-electron chi connectivity index (χ2n) is 6.70. The lowest BCUT2D eigenvalue weighted by molar-refractivity contribution is 0.627. The summed E-state index contributed by atoms with van der Waals surface area (Å²) < 4.78 is 35.7. The molecule has 0 aliphatic rings. The van der Waals surface area contributed by atoms with Crippen molar-refractivity contribution in [3.8, 4) is 0 Å². The number of halogens is 3. The minimum atomic E-state index is -0.178. The van der Waals surface area contributed by atoms with Gasteiger partial charge in [0, 0.05) is 0 Å². The minimum absolute atomic E-state index is 0.178. The molecule has 174 valence electrons. The Morgan fingerprint density at radius 3 is 0.588 bits per heavy atom. The molecule has 0 bridgehead atoms. The van der Waals surface area contributed by atoms with E-state index >= 15 is 0 Å².